The van der Waals surface area contributed by atoms with Gasteiger partial charge in [0.25, 0.3) is 5.91 Å². The smallest absolute Gasteiger partial charge is 0.323 e. The number of carbonyl (C=O) groups excluding carboxylic acids is 2. The van der Waals surface area contributed by atoms with Crippen LogP contribution in [0, 0.1) is 11.7 Å². The fourth-order valence-electron chi connectivity index (χ4n) is 5.07. The Labute approximate surface area is 244 Å². The molecule has 0 saturated carbocycles. The average Bonchev–Trinajstić information content (AvgIpc) is 3.44. The van der Waals surface area contributed by atoms with Gasteiger partial charge in [-0.05, 0) is 74.1 Å². The van der Waals surface area contributed by atoms with Gasteiger partial charge in [0, 0.05) is 36.9 Å². The molecule has 0 aliphatic carbocycles. The van der Waals surface area contributed by atoms with Gasteiger partial charge >= 0.3 is 6.03 Å². The Morgan fingerprint density at radius 1 is 1.05 bits per heavy atom. The molecule has 0 saturated heterocycles. The van der Waals surface area contributed by atoms with E-state index in [-0.39, 0.29) is 36.9 Å². The third-order valence-corrected chi connectivity index (χ3v) is 7.41. The van der Waals surface area contributed by atoms with Crippen molar-refractivity contribution in [3.8, 4) is 17.2 Å². The highest BCUT2D eigenvalue weighted by Gasteiger charge is 2.33. The van der Waals surface area contributed by atoms with E-state index in [1.165, 1.54) is 24.3 Å². The highest BCUT2D eigenvalue weighted by molar-refractivity contribution is 6.02. The van der Waals surface area contributed by atoms with Crippen LogP contribution < -0.4 is 24.8 Å². The molecule has 0 unspecified atom stereocenters. The summed E-state index contributed by atoms with van der Waals surface area (Å²) in [4.78, 5) is 30.1. The number of anilines is 2. The minimum Gasteiger partial charge on any atom is -0.488 e. The number of fused-ring (bicyclic) bond motifs is 2. The van der Waals surface area contributed by atoms with E-state index in [2.05, 4.69) is 15.5 Å². The number of nitrogens with zero attached hydrogens (tertiary/aromatic N) is 2. The molecule has 2 aliphatic rings. The molecule has 0 aromatic heterocycles. The monoisotopic (exact) mass is 578 g/mol. The highest BCUT2D eigenvalue weighted by Crippen LogP contribution is 2.34. The lowest BCUT2D eigenvalue weighted by Gasteiger charge is -2.38. The Balaban J connectivity index is 1.34. The van der Waals surface area contributed by atoms with Crippen LogP contribution in [0.25, 0.3) is 0 Å². The second-order valence-corrected chi connectivity index (χ2v) is 10.8. The number of aliphatic hydroxyl groups excluding tert-OH is 1. The van der Waals surface area contributed by atoms with Crippen molar-refractivity contribution in [2.75, 3.05) is 44.2 Å². The van der Waals surface area contributed by atoms with E-state index >= 15 is 0 Å². The summed E-state index contributed by atoms with van der Waals surface area (Å²) in [5.74, 6) is 1.11. The molecule has 3 aromatic carbocycles. The SMILES string of the molecule is C[C@H]1CN([C@@H](C)CO)C(=O)c2cc(NC(=O)Nc3ccc(F)cc3)ccc2O[C@H]1CN(C)Cc1ccc2c(c1)OCO2. The predicted molar refractivity (Wildman–Crippen MR) is 156 cm³/mol. The van der Waals surface area contributed by atoms with Crippen molar-refractivity contribution in [1.29, 1.82) is 0 Å². The van der Waals surface area contributed by atoms with E-state index in [1.807, 2.05) is 32.2 Å². The molecule has 42 heavy (non-hydrogen) atoms. The average molecular weight is 579 g/mol. The van der Waals surface area contributed by atoms with Crippen molar-refractivity contribution < 1.29 is 33.3 Å². The van der Waals surface area contributed by atoms with Gasteiger partial charge in [-0.25, -0.2) is 9.18 Å². The second-order valence-electron chi connectivity index (χ2n) is 10.8. The van der Waals surface area contributed by atoms with Crippen molar-refractivity contribution >= 4 is 23.3 Å². The van der Waals surface area contributed by atoms with E-state index in [0.29, 0.717) is 36.8 Å². The molecule has 0 bridgehead atoms. The standard InChI is InChI=1S/C31H35FN4O6/c1-19-14-36(20(2)17-37)30(38)25-13-24(34-31(39)33-23-7-5-22(32)6-8-23)9-11-26(25)42-29(19)16-35(3)15-21-4-10-27-28(12-21)41-18-40-27/h4-13,19-20,29,37H,14-18H2,1-3H3,(H2,33,34,39)/t19-,20-,29-/m0/s1. The first kappa shape index (κ1) is 29.2. The number of urea groups is 1. The number of hydrogen-bond acceptors (Lipinski definition) is 7. The van der Waals surface area contributed by atoms with Crippen LogP contribution in [0.15, 0.2) is 60.7 Å². The molecule has 0 radical (unpaired) electrons. The first-order chi connectivity index (χ1) is 20.2. The Bertz CT molecular complexity index is 1440. The Kier molecular flexibility index (Phi) is 8.79. The van der Waals surface area contributed by atoms with Gasteiger partial charge in [-0.2, -0.15) is 0 Å². The number of ether oxygens (including phenoxy) is 3. The van der Waals surface area contributed by atoms with Gasteiger partial charge < -0.3 is 34.9 Å². The van der Waals surface area contributed by atoms with Gasteiger partial charge in [-0.15, -0.1) is 0 Å². The number of likely N-dealkylation sites (N-methyl/N-ethyl adjacent to an activating group) is 1. The lowest BCUT2D eigenvalue weighted by molar-refractivity contribution is 0.0341. The summed E-state index contributed by atoms with van der Waals surface area (Å²) in [5.41, 5.74) is 2.16. The molecule has 10 nitrogen and oxygen atoms in total. The summed E-state index contributed by atoms with van der Waals surface area (Å²) in [6.45, 7) is 5.46. The van der Waals surface area contributed by atoms with Gasteiger partial charge in [0.05, 0.1) is 18.2 Å². The molecule has 3 amide bonds. The van der Waals surface area contributed by atoms with Crippen molar-refractivity contribution in [2.45, 2.75) is 32.5 Å². The lowest BCUT2D eigenvalue weighted by atomic mass is 9.99. The van der Waals surface area contributed by atoms with Crippen molar-refractivity contribution in [1.82, 2.24) is 9.80 Å². The zero-order valence-corrected chi connectivity index (χ0v) is 23.8. The van der Waals surface area contributed by atoms with Crippen LogP contribution in [0.4, 0.5) is 20.6 Å². The highest BCUT2D eigenvalue weighted by atomic mass is 19.1. The van der Waals surface area contributed by atoms with Crippen LogP contribution in [0.2, 0.25) is 0 Å². The predicted octanol–water partition coefficient (Wildman–Crippen LogP) is 4.55. The summed E-state index contributed by atoms with van der Waals surface area (Å²) < 4.78 is 30.6. The summed E-state index contributed by atoms with van der Waals surface area (Å²) in [7, 11) is 2.01. The van der Waals surface area contributed by atoms with Crippen LogP contribution in [0.3, 0.4) is 0 Å². The van der Waals surface area contributed by atoms with Crippen molar-refractivity contribution in [2.24, 2.45) is 5.92 Å². The first-order valence-corrected chi connectivity index (χ1v) is 13.8. The molecule has 3 aromatic rings. The molecular formula is C31H35FN4O6. The van der Waals surface area contributed by atoms with Crippen molar-refractivity contribution in [3.63, 3.8) is 0 Å². The molecular weight excluding hydrogens is 543 g/mol. The van der Waals surface area contributed by atoms with Gasteiger partial charge in [0.15, 0.2) is 11.5 Å². The maximum absolute atomic E-state index is 13.7. The van der Waals surface area contributed by atoms with Crippen LogP contribution in [-0.2, 0) is 6.54 Å². The second kappa shape index (κ2) is 12.7. The van der Waals surface area contributed by atoms with E-state index in [4.69, 9.17) is 14.2 Å². The molecule has 2 aliphatic heterocycles. The molecule has 5 rings (SSSR count). The van der Waals surface area contributed by atoms with Gasteiger partial charge in [-0.1, -0.05) is 13.0 Å². The number of carbonyl (C=O) groups is 2. The van der Waals surface area contributed by atoms with Gasteiger partial charge in [0.2, 0.25) is 6.79 Å². The summed E-state index contributed by atoms with van der Waals surface area (Å²) in [6, 6.07) is 15.2. The fraction of sp³-hybridized carbons (Fsp3) is 0.355. The molecule has 0 spiro atoms. The van der Waals surface area contributed by atoms with Crippen molar-refractivity contribution in [3.05, 3.63) is 77.6 Å². The van der Waals surface area contributed by atoms with Crippen LogP contribution in [-0.4, -0.2) is 72.5 Å². The van der Waals surface area contributed by atoms with Gasteiger partial charge in [-0.3, -0.25) is 9.69 Å². The zero-order chi connectivity index (χ0) is 29.8. The largest absolute Gasteiger partial charge is 0.488 e. The first-order valence-electron chi connectivity index (χ1n) is 13.8. The topological polar surface area (TPSA) is 113 Å². The van der Waals surface area contributed by atoms with E-state index in [9.17, 15) is 19.1 Å². The van der Waals surface area contributed by atoms with E-state index in [1.54, 1.807) is 30.0 Å². The lowest BCUT2D eigenvalue weighted by Crippen LogP contribution is -2.49. The third kappa shape index (κ3) is 6.75. The fourth-order valence-corrected chi connectivity index (χ4v) is 5.07. The third-order valence-electron chi connectivity index (χ3n) is 7.41. The van der Waals surface area contributed by atoms with E-state index in [0.717, 1.165) is 17.1 Å². The number of benzene rings is 3. The molecule has 0 fully saturated rings. The normalized spacial score (nSPS) is 18.5. The summed E-state index contributed by atoms with van der Waals surface area (Å²) in [6.07, 6.45) is -0.273. The Hall–Kier alpha value is -4.35. The molecule has 11 heteroatoms. The number of hydrogen-bond donors (Lipinski definition) is 3. The number of amides is 3. The molecule has 3 atom stereocenters. The Morgan fingerprint density at radius 3 is 2.50 bits per heavy atom. The maximum Gasteiger partial charge on any atom is 0.323 e. The minimum absolute atomic E-state index is 0.0467. The number of rotatable bonds is 8. The molecule has 3 N–H and O–H groups in total. The Morgan fingerprint density at radius 2 is 1.74 bits per heavy atom. The van der Waals surface area contributed by atoms with Crippen LogP contribution >= 0.6 is 0 Å². The van der Waals surface area contributed by atoms with E-state index < -0.39 is 17.9 Å². The number of halogens is 1. The maximum atomic E-state index is 13.7. The van der Waals surface area contributed by atoms with Crippen LogP contribution in [0.1, 0.15) is 29.8 Å². The molecule has 2 heterocycles. The quantitative estimate of drug-likeness (QED) is 0.360. The number of nitrogens with one attached hydrogen (secondary N) is 2. The summed E-state index contributed by atoms with van der Waals surface area (Å²) >= 11 is 0. The van der Waals surface area contributed by atoms with Crippen LogP contribution in [0.5, 0.6) is 17.2 Å². The summed E-state index contributed by atoms with van der Waals surface area (Å²) in [5, 5.41) is 15.3. The minimum atomic E-state index is -0.544. The number of aliphatic hydroxyl groups is 1. The van der Waals surface area contributed by atoms with Gasteiger partial charge in [0.1, 0.15) is 17.7 Å². The molecule has 222 valence electrons. The zero-order valence-electron chi connectivity index (χ0n) is 23.8.